The van der Waals surface area contributed by atoms with Crippen LogP contribution >= 0.6 is 35.0 Å². The highest BCUT2D eigenvalue weighted by molar-refractivity contribution is 8.18. The fourth-order valence-electron chi connectivity index (χ4n) is 5.67. The van der Waals surface area contributed by atoms with E-state index in [1.807, 2.05) is 109 Å². The molecule has 1 saturated heterocycles. The lowest BCUT2D eigenvalue weighted by Gasteiger charge is -2.15. The van der Waals surface area contributed by atoms with Crippen LogP contribution in [-0.4, -0.2) is 20.6 Å². The topological polar surface area (TPSA) is 60.8 Å². The normalized spacial score (nSPS) is 13.8. The van der Waals surface area contributed by atoms with Gasteiger partial charge in [-0.1, -0.05) is 114 Å². The summed E-state index contributed by atoms with van der Waals surface area (Å²) in [4.78, 5) is 27.9. The van der Waals surface area contributed by atoms with E-state index in [9.17, 15) is 9.59 Å². The molecule has 5 aromatic carbocycles. The van der Waals surface area contributed by atoms with Crippen LogP contribution in [0.2, 0.25) is 10.0 Å². The van der Waals surface area contributed by atoms with Crippen LogP contribution in [0.25, 0.3) is 17.0 Å². The minimum absolute atomic E-state index is 0.111. The van der Waals surface area contributed by atoms with E-state index in [1.165, 1.54) is 4.90 Å². The summed E-state index contributed by atoms with van der Waals surface area (Å²) in [6.45, 7) is 1.49. The van der Waals surface area contributed by atoms with Crippen molar-refractivity contribution in [2.45, 2.75) is 26.3 Å². The van der Waals surface area contributed by atoms with Gasteiger partial charge in [-0.15, -0.1) is 0 Å². The molecule has 0 N–H and O–H groups in total. The second-order valence-corrected chi connectivity index (χ2v) is 13.4. The molecule has 7 rings (SSSR count). The number of rotatable bonds is 11. The number of para-hydroxylation sites is 1. The van der Waals surface area contributed by atoms with Crippen molar-refractivity contribution in [1.82, 2.24) is 9.47 Å². The molecule has 2 heterocycles. The Morgan fingerprint density at radius 2 is 1.27 bits per heavy atom. The number of carbonyl (C=O) groups is 2. The van der Waals surface area contributed by atoms with Gasteiger partial charge in [-0.25, -0.2) is 0 Å². The predicted octanol–water partition coefficient (Wildman–Crippen LogP) is 10.4. The average molecular weight is 706 g/mol. The first kappa shape index (κ1) is 32.6. The Kier molecular flexibility index (Phi) is 9.75. The number of fused-ring (bicyclic) bond motifs is 1. The van der Waals surface area contributed by atoms with Gasteiger partial charge in [0.2, 0.25) is 0 Å². The molecular weight excluding hydrogens is 675 g/mol. The molecule has 0 unspecified atom stereocenters. The standard InChI is InChI=1S/C40H30Cl2N2O4S/c41-33-17-15-29(19-34(33)42)23-44-39(45)38(49-40(44)46)21-31-24-43(35-14-8-7-13-32(31)35)22-30-16-18-36(47-25-27-9-3-1-4-10-27)37(20-30)48-26-28-11-5-2-6-12-28/h1-21,24H,22-23,25-26H2. The first-order valence-corrected chi connectivity index (χ1v) is 17.2. The number of nitrogens with zero attached hydrogens (tertiary/aromatic N) is 2. The number of hydrogen-bond donors (Lipinski definition) is 0. The van der Waals surface area contributed by atoms with Crippen LogP contribution in [0.15, 0.2) is 132 Å². The van der Waals surface area contributed by atoms with E-state index in [2.05, 4.69) is 4.57 Å². The minimum atomic E-state index is -0.343. The van der Waals surface area contributed by atoms with Crippen LogP contribution in [0.5, 0.6) is 11.5 Å². The van der Waals surface area contributed by atoms with Crippen LogP contribution in [0, 0.1) is 0 Å². The highest BCUT2D eigenvalue weighted by atomic mass is 35.5. The molecule has 244 valence electrons. The van der Waals surface area contributed by atoms with E-state index in [4.69, 9.17) is 32.7 Å². The van der Waals surface area contributed by atoms with Crippen molar-refractivity contribution < 1.29 is 19.1 Å². The Hall–Kier alpha value is -4.95. The van der Waals surface area contributed by atoms with Gasteiger partial charge in [0.05, 0.1) is 21.5 Å². The zero-order chi connectivity index (χ0) is 33.7. The lowest BCUT2D eigenvalue weighted by atomic mass is 10.1. The van der Waals surface area contributed by atoms with Crippen molar-refractivity contribution in [3.05, 3.63) is 170 Å². The first-order valence-electron chi connectivity index (χ1n) is 15.6. The lowest BCUT2D eigenvalue weighted by Crippen LogP contribution is -2.27. The summed E-state index contributed by atoms with van der Waals surface area (Å²) in [5.41, 5.74) is 5.71. The van der Waals surface area contributed by atoms with E-state index in [0.717, 1.165) is 50.5 Å². The van der Waals surface area contributed by atoms with Gasteiger partial charge < -0.3 is 14.0 Å². The first-order chi connectivity index (χ1) is 23.9. The molecule has 1 fully saturated rings. The van der Waals surface area contributed by atoms with Gasteiger partial charge in [-0.05, 0) is 70.4 Å². The number of aromatic nitrogens is 1. The third-order valence-corrected chi connectivity index (χ3v) is 9.79. The van der Waals surface area contributed by atoms with Crippen LogP contribution in [-0.2, 0) is 31.1 Å². The summed E-state index contributed by atoms with van der Waals surface area (Å²) in [6.07, 6.45) is 3.81. The molecular formula is C40H30Cl2N2O4S. The number of imide groups is 1. The van der Waals surface area contributed by atoms with Gasteiger partial charge in [-0.3, -0.25) is 14.5 Å². The summed E-state index contributed by atoms with van der Waals surface area (Å²) >= 11 is 13.1. The van der Waals surface area contributed by atoms with Gasteiger partial charge in [-0.2, -0.15) is 0 Å². The summed E-state index contributed by atoms with van der Waals surface area (Å²) in [7, 11) is 0. The molecule has 9 heteroatoms. The van der Waals surface area contributed by atoms with Gasteiger partial charge in [0.15, 0.2) is 11.5 Å². The smallest absolute Gasteiger partial charge is 0.293 e. The zero-order valence-electron chi connectivity index (χ0n) is 26.2. The monoisotopic (exact) mass is 704 g/mol. The summed E-state index contributed by atoms with van der Waals surface area (Å²) in [5, 5.41) is 1.43. The third kappa shape index (κ3) is 7.55. The zero-order valence-corrected chi connectivity index (χ0v) is 28.6. The molecule has 6 nitrogen and oxygen atoms in total. The second kappa shape index (κ2) is 14.7. The quantitative estimate of drug-likeness (QED) is 0.126. The molecule has 0 saturated carbocycles. The molecule has 1 aliphatic rings. The highest BCUT2D eigenvalue weighted by Gasteiger charge is 2.35. The van der Waals surface area contributed by atoms with Crippen LogP contribution in [0.4, 0.5) is 4.79 Å². The molecule has 0 aliphatic carbocycles. The number of carbonyl (C=O) groups excluding carboxylic acids is 2. The van der Waals surface area contributed by atoms with E-state index >= 15 is 0 Å². The van der Waals surface area contributed by atoms with Crippen molar-refractivity contribution >= 4 is 63.1 Å². The third-order valence-electron chi connectivity index (χ3n) is 8.14. The Labute approximate surface area is 298 Å². The van der Waals surface area contributed by atoms with E-state index in [-0.39, 0.29) is 17.7 Å². The maximum atomic E-state index is 13.4. The predicted molar refractivity (Wildman–Crippen MR) is 197 cm³/mol. The van der Waals surface area contributed by atoms with Crippen LogP contribution < -0.4 is 9.47 Å². The largest absolute Gasteiger partial charge is 0.485 e. The van der Waals surface area contributed by atoms with Crippen molar-refractivity contribution in [1.29, 1.82) is 0 Å². The maximum absolute atomic E-state index is 13.4. The van der Waals surface area contributed by atoms with Crippen molar-refractivity contribution in [2.24, 2.45) is 0 Å². The van der Waals surface area contributed by atoms with E-state index in [1.54, 1.807) is 24.3 Å². The Balaban J connectivity index is 1.14. The van der Waals surface area contributed by atoms with Crippen LogP contribution in [0.1, 0.15) is 27.8 Å². The number of ether oxygens (including phenoxy) is 2. The summed E-state index contributed by atoms with van der Waals surface area (Å²) < 4.78 is 14.7. The number of benzene rings is 5. The minimum Gasteiger partial charge on any atom is -0.485 e. The number of halogens is 2. The SMILES string of the molecule is O=C1SC(=Cc2cn(Cc3ccc(OCc4ccccc4)c(OCc4ccccc4)c3)c3ccccc23)C(=O)N1Cc1ccc(Cl)c(Cl)c1. The van der Waals surface area contributed by atoms with Gasteiger partial charge in [0.1, 0.15) is 13.2 Å². The van der Waals surface area contributed by atoms with Crippen molar-refractivity contribution in [3.63, 3.8) is 0 Å². The molecule has 2 amide bonds. The Bertz CT molecular complexity index is 2180. The highest BCUT2D eigenvalue weighted by Crippen LogP contribution is 2.36. The molecule has 0 radical (unpaired) electrons. The van der Waals surface area contributed by atoms with Crippen molar-refractivity contribution in [3.8, 4) is 11.5 Å². The summed E-state index contributed by atoms with van der Waals surface area (Å²) in [5.74, 6) is 0.979. The van der Waals surface area contributed by atoms with E-state index < -0.39 is 0 Å². The summed E-state index contributed by atoms with van der Waals surface area (Å²) in [6, 6.07) is 39.2. The number of amides is 2. The molecule has 0 bridgehead atoms. The van der Waals surface area contributed by atoms with Gasteiger partial charge in [0.25, 0.3) is 11.1 Å². The molecule has 49 heavy (non-hydrogen) atoms. The molecule has 0 spiro atoms. The second-order valence-electron chi connectivity index (χ2n) is 11.6. The Morgan fingerprint density at radius 3 is 1.98 bits per heavy atom. The average Bonchev–Trinajstić information content (AvgIpc) is 3.60. The van der Waals surface area contributed by atoms with E-state index in [0.29, 0.717) is 46.2 Å². The number of thioether (sulfide) groups is 1. The van der Waals surface area contributed by atoms with Crippen molar-refractivity contribution in [2.75, 3.05) is 0 Å². The lowest BCUT2D eigenvalue weighted by molar-refractivity contribution is -0.123. The fraction of sp³-hybridized carbons (Fsp3) is 0.100. The molecule has 0 atom stereocenters. The molecule has 1 aromatic heterocycles. The van der Waals surface area contributed by atoms with Gasteiger partial charge >= 0.3 is 0 Å². The maximum Gasteiger partial charge on any atom is 0.293 e. The van der Waals surface area contributed by atoms with Crippen LogP contribution in [0.3, 0.4) is 0 Å². The molecule has 1 aliphatic heterocycles. The molecule has 6 aromatic rings. The fourth-order valence-corrected chi connectivity index (χ4v) is 6.82. The number of hydrogen-bond acceptors (Lipinski definition) is 5. The Morgan fingerprint density at radius 1 is 0.633 bits per heavy atom. The van der Waals surface area contributed by atoms with Gasteiger partial charge in [0, 0.05) is 29.2 Å².